The first kappa shape index (κ1) is 15.1. The van der Waals surface area contributed by atoms with Gasteiger partial charge in [-0.2, -0.15) is 4.98 Å². The van der Waals surface area contributed by atoms with Gasteiger partial charge in [0.05, 0.1) is 0 Å². The monoisotopic (exact) mass is 332 g/mol. The number of nitrogens with zero attached hydrogens (tertiary/aromatic N) is 2. The van der Waals surface area contributed by atoms with Gasteiger partial charge in [0.2, 0.25) is 17.6 Å². The molecule has 0 aliphatic heterocycles. The highest BCUT2D eigenvalue weighted by Crippen LogP contribution is 2.18. The Hall–Kier alpha value is -3.41. The molecule has 1 amide bonds. The van der Waals surface area contributed by atoms with Crippen LogP contribution in [-0.4, -0.2) is 21.0 Å². The molecule has 25 heavy (non-hydrogen) atoms. The predicted molar refractivity (Wildman–Crippen MR) is 95.0 cm³/mol. The number of aromatic nitrogens is 3. The molecule has 2 aromatic heterocycles. The molecule has 6 nitrogen and oxygen atoms in total. The Kier molecular flexibility index (Phi) is 4.00. The highest BCUT2D eigenvalue weighted by Gasteiger charge is 2.11. The van der Waals surface area contributed by atoms with E-state index in [1.54, 1.807) is 0 Å². The number of carbonyl (C=O) groups excluding carboxylic acids is 1. The van der Waals surface area contributed by atoms with Crippen LogP contribution in [0.25, 0.3) is 22.3 Å². The van der Waals surface area contributed by atoms with E-state index in [2.05, 4.69) is 20.4 Å². The van der Waals surface area contributed by atoms with Gasteiger partial charge in [0.25, 0.3) is 0 Å². The van der Waals surface area contributed by atoms with Gasteiger partial charge in [-0.25, -0.2) is 0 Å². The van der Waals surface area contributed by atoms with Gasteiger partial charge in [-0.05, 0) is 23.6 Å². The van der Waals surface area contributed by atoms with Crippen molar-refractivity contribution in [2.45, 2.75) is 12.8 Å². The van der Waals surface area contributed by atoms with Crippen LogP contribution in [0, 0.1) is 0 Å². The van der Waals surface area contributed by atoms with Gasteiger partial charge < -0.3 is 14.8 Å². The summed E-state index contributed by atoms with van der Waals surface area (Å²) in [6.45, 7) is 0. The minimum atomic E-state index is -0.0923. The summed E-state index contributed by atoms with van der Waals surface area (Å²) >= 11 is 0. The molecule has 4 rings (SSSR count). The van der Waals surface area contributed by atoms with Crippen molar-refractivity contribution in [2.24, 2.45) is 0 Å². The number of amides is 1. The summed E-state index contributed by atoms with van der Waals surface area (Å²) in [7, 11) is 0. The fourth-order valence-electron chi connectivity index (χ4n) is 2.63. The summed E-state index contributed by atoms with van der Waals surface area (Å²) in [5.41, 5.74) is 2.64. The Labute approximate surface area is 143 Å². The van der Waals surface area contributed by atoms with Crippen molar-refractivity contribution in [1.29, 1.82) is 0 Å². The largest absolute Gasteiger partial charge is 0.361 e. The number of hydrogen-bond acceptors (Lipinski definition) is 4. The summed E-state index contributed by atoms with van der Waals surface area (Å²) in [6.07, 6.45) is 2.55. The molecule has 4 aromatic rings. The molecule has 0 saturated heterocycles. The molecule has 2 aromatic carbocycles. The van der Waals surface area contributed by atoms with Crippen molar-refractivity contribution in [3.05, 3.63) is 66.7 Å². The molecule has 0 spiro atoms. The molecule has 0 fully saturated rings. The van der Waals surface area contributed by atoms with Crippen molar-refractivity contribution in [3.63, 3.8) is 0 Å². The van der Waals surface area contributed by atoms with Crippen molar-refractivity contribution < 1.29 is 9.32 Å². The van der Waals surface area contributed by atoms with E-state index >= 15 is 0 Å². The topological polar surface area (TPSA) is 83.8 Å². The number of rotatable bonds is 5. The van der Waals surface area contributed by atoms with E-state index in [1.807, 2.05) is 60.8 Å². The summed E-state index contributed by atoms with van der Waals surface area (Å²) in [6, 6.07) is 17.3. The second kappa shape index (κ2) is 6.60. The van der Waals surface area contributed by atoms with E-state index < -0.39 is 0 Å². The second-order valence-corrected chi connectivity index (χ2v) is 5.71. The Morgan fingerprint density at radius 1 is 1.12 bits per heavy atom. The summed E-state index contributed by atoms with van der Waals surface area (Å²) in [4.78, 5) is 19.6. The lowest BCUT2D eigenvalue weighted by Crippen LogP contribution is -2.12. The van der Waals surface area contributed by atoms with Gasteiger partial charge in [0.1, 0.15) is 0 Å². The van der Waals surface area contributed by atoms with Crippen LogP contribution in [-0.2, 0) is 11.2 Å². The third-order valence-corrected chi connectivity index (χ3v) is 3.90. The Balaban J connectivity index is 1.36. The lowest BCUT2D eigenvalue weighted by Gasteiger charge is -2.04. The van der Waals surface area contributed by atoms with E-state index in [9.17, 15) is 4.79 Å². The lowest BCUT2D eigenvalue weighted by atomic mass is 10.2. The van der Waals surface area contributed by atoms with Crippen molar-refractivity contribution in [3.8, 4) is 11.4 Å². The molecular weight excluding hydrogens is 316 g/mol. The molecule has 0 aliphatic carbocycles. The van der Waals surface area contributed by atoms with Gasteiger partial charge in [0, 0.05) is 35.8 Å². The van der Waals surface area contributed by atoms with Crippen LogP contribution in [0.5, 0.6) is 0 Å². The zero-order valence-corrected chi connectivity index (χ0v) is 13.4. The molecular formula is C19H16N4O2. The van der Waals surface area contributed by atoms with Gasteiger partial charge in [0.15, 0.2) is 0 Å². The lowest BCUT2D eigenvalue weighted by molar-refractivity contribution is -0.116. The fraction of sp³-hybridized carbons (Fsp3) is 0.105. The zero-order valence-electron chi connectivity index (χ0n) is 13.4. The van der Waals surface area contributed by atoms with Gasteiger partial charge >= 0.3 is 0 Å². The maximum atomic E-state index is 12.1. The van der Waals surface area contributed by atoms with Gasteiger partial charge in [-0.3, -0.25) is 4.79 Å². The first-order valence-corrected chi connectivity index (χ1v) is 8.03. The van der Waals surface area contributed by atoms with Crippen LogP contribution in [0.4, 0.5) is 5.69 Å². The number of nitrogens with one attached hydrogen (secondary N) is 2. The van der Waals surface area contributed by atoms with E-state index in [-0.39, 0.29) is 12.3 Å². The smallest absolute Gasteiger partial charge is 0.227 e. The fourth-order valence-corrected chi connectivity index (χ4v) is 2.63. The maximum Gasteiger partial charge on any atom is 0.227 e. The van der Waals surface area contributed by atoms with E-state index in [0.29, 0.717) is 18.1 Å². The summed E-state index contributed by atoms with van der Waals surface area (Å²) in [5.74, 6) is 0.896. The Bertz CT molecular complexity index is 1000. The van der Waals surface area contributed by atoms with Crippen molar-refractivity contribution in [1.82, 2.24) is 15.1 Å². The Morgan fingerprint density at radius 3 is 2.88 bits per heavy atom. The number of anilines is 1. The first-order valence-electron chi connectivity index (χ1n) is 8.03. The second-order valence-electron chi connectivity index (χ2n) is 5.71. The summed E-state index contributed by atoms with van der Waals surface area (Å²) < 4.78 is 5.22. The normalized spacial score (nSPS) is 10.9. The number of carbonyl (C=O) groups is 1. The molecule has 0 radical (unpaired) electrons. The number of aromatic amines is 1. The quantitative estimate of drug-likeness (QED) is 0.582. The molecule has 0 atom stereocenters. The molecule has 124 valence electrons. The highest BCUT2D eigenvalue weighted by molar-refractivity contribution is 5.93. The Morgan fingerprint density at radius 2 is 2.00 bits per heavy atom. The van der Waals surface area contributed by atoms with Crippen molar-refractivity contribution in [2.75, 3.05) is 5.32 Å². The van der Waals surface area contributed by atoms with E-state index in [4.69, 9.17) is 4.52 Å². The average Bonchev–Trinajstić information content (AvgIpc) is 3.30. The molecule has 6 heteroatoms. The van der Waals surface area contributed by atoms with Crippen LogP contribution in [0.3, 0.4) is 0 Å². The van der Waals surface area contributed by atoms with Crippen LogP contribution in [0.2, 0.25) is 0 Å². The molecule has 0 bridgehead atoms. The molecule has 0 saturated carbocycles. The van der Waals surface area contributed by atoms with Gasteiger partial charge in [-0.1, -0.05) is 41.6 Å². The summed E-state index contributed by atoms with van der Waals surface area (Å²) in [5, 5.41) is 7.95. The maximum absolute atomic E-state index is 12.1. The van der Waals surface area contributed by atoms with Crippen LogP contribution in [0.15, 0.2) is 65.3 Å². The molecule has 0 aliphatic rings. The molecule has 2 heterocycles. The number of hydrogen-bond donors (Lipinski definition) is 2. The van der Waals surface area contributed by atoms with E-state index in [1.165, 1.54) is 0 Å². The third-order valence-electron chi connectivity index (χ3n) is 3.90. The SMILES string of the molecule is O=C(CCc1nc(-c2ccccc2)no1)Nc1ccc2cc[nH]c2c1. The minimum absolute atomic E-state index is 0.0923. The number of fused-ring (bicyclic) bond motifs is 1. The van der Waals surface area contributed by atoms with E-state index in [0.717, 1.165) is 22.2 Å². The first-order chi connectivity index (χ1) is 12.3. The van der Waals surface area contributed by atoms with Crippen LogP contribution < -0.4 is 5.32 Å². The van der Waals surface area contributed by atoms with Crippen LogP contribution >= 0.6 is 0 Å². The highest BCUT2D eigenvalue weighted by atomic mass is 16.5. The van der Waals surface area contributed by atoms with Gasteiger partial charge in [-0.15, -0.1) is 0 Å². The third kappa shape index (κ3) is 3.42. The zero-order chi connectivity index (χ0) is 17.1. The molecule has 0 unspecified atom stereocenters. The predicted octanol–water partition coefficient (Wildman–Crippen LogP) is 3.79. The minimum Gasteiger partial charge on any atom is -0.361 e. The number of H-pyrrole nitrogens is 1. The standard InChI is InChI=1S/C19H16N4O2/c24-17(21-15-7-6-13-10-11-20-16(13)12-15)8-9-18-22-19(23-25-18)14-4-2-1-3-5-14/h1-7,10-12,20H,8-9H2,(H,21,24). The van der Waals surface area contributed by atoms with Crippen molar-refractivity contribution >= 4 is 22.5 Å². The number of benzene rings is 2. The molecule has 2 N–H and O–H groups in total. The average molecular weight is 332 g/mol. The van der Waals surface area contributed by atoms with Crippen LogP contribution in [0.1, 0.15) is 12.3 Å². The number of aryl methyl sites for hydroxylation is 1.